The van der Waals surface area contributed by atoms with E-state index in [1.165, 1.54) is 23.1 Å². The van der Waals surface area contributed by atoms with Gasteiger partial charge in [0.15, 0.2) is 0 Å². The van der Waals surface area contributed by atoms with Crippen LogP contribution >= 0.6 is 23.2 Å². The average molecular weight is 444 g/mol. The zero-order valence-electron chi connectivity index (χ0n) is 16.3. The van der Waals surface area contributed by atoms with E-state index in [1.807, 2.05) is 54.6 Å². The van der Waals surface area contributed by atoms with E-state index in [0.29, 0.717) is 11.3 Å². The molecule has 1 atom stereocenters. The van der Waals surface area contributed by atoms with Crippen LogP contribution in [0.25, 0.3) is 6.08 Å². The third-order valence-corrected chi connectivity index (χ3v) is 5.24. The van der Waals surface area contributed by atoms with E-state index in [1.54, 1.807) is 19.2 Å². The maximum Gasteiger partial charge on any atom is 0.249 e. The highest BCUT2D eigenvalue weighted by atomic mass is 35.5. The van der Waals surface area contributed by atoms with Gasteiger partial charge in [-0.3, -0.25) is 4.79 Å². The minimum absolute atomic E-state index is 0.0650. The summed E-state index contributed by atoms with van der Waals surface area (Å²) in [6.45, 7) is 0.217. The number of benzene rings is 3. The van der Waals surface area contributed by atoms with Crippen LogP contribution in [0.15, 0.2) is 78.9 Å². The molecule has 0 N–H and O–H groups in total. The van der Waals surface area contributed by atoms with Crippen LogP contribution in [0.1, 0.15) is 16.5 Å². The van der Waals surface area contributed by atoms with Crippen molar-refractivity contribution < 1.29 is 13.9 Å². The Labute approximate surface area is 185 Å². The SMILES string of the molecule is COc1ccccc1/C=C/CN(C(=O)C(Cl)c1ccccc1)c1ccc(F)c(Cl)c1. The number of nitrogens with zero attached hydrogens (tertiary/aromatic N) is 1. The van der Waals surface area contributed by atoms with Gasteiger partial charge in [-0.15, -0.1) is 11.6 Å². The van der Waals surface area contributed by atoms with Crippen molar-refractivity contribution in [2.45, 2.75) is 5.38 Å². The number of para-hydroxylation sites is 1. The van der Waals surface area contributed by atoms with Gasteiger partial charge in [-0.2, -0.15) is 0 Å². The maximum atomic E-state index is 13.7. The molecule has 0 heterocycles. The number of hydrogen-bond donors (Lipinski definition) is 0. The van der Waals surface area contributed by atoms with Crippen molar-refractivity contribution in [2.24, 2.45) is 0 Å². The summed E-state index contributed by atoms with van der Waals surface area (Å²) in [4.78, 5) is 14.7. The Hall–Kier alpha value is -2.82. The molecule has 0 aliphatic heterocycles. The highest BCUT2D eigenvalue weighted by Gasteiger charge is 2.25. The summed E-state index contributed by atoms with van der Waals surface area (Å²) in [5, 5.41) is -0.959. The normalized spacial score (nSPS) is 12.0. The van der Waals surface area contributed by atoms with Gasteiger partial charge in [-0.25, -0.2) is 4.39 Å². The van der Waals surface area contributed by atoms with Gasteiger partial charge in [0.25, 0.3) is 0 Å². The van der Waals surface area contributed by atoms with Crippen LogP contribution in [0, 0.1) is 5.82 Å². The number of amides is 1. The van der Waals surface area contributed by atoms with Crippen molar-refractivity contribution in [2.75, 3.05) is 18.6 Å². The number of carbonyl (C=O) groups is 1. The quantitative estimate of drug-likeness (QED) is 0.389. The van der Waals surface area contributed by atoms with Gasteiger partial charge in [0.1, 0.15) is 16.9 Å². The monoisotopic (exact) mass is 443 g/mol. The van der Waals surface area contributed by atoms with Crippen molar-refractivity contribution >= 4 is 40.9 Å². The van der Waals surface area contributed by atoms with E-state index in [-0.39, 0.29) is 17.5 Å². The summed E-state index contributed by atoms with van der Waals surface area (Å²) in [5.74, 6) is -0.172. The predicted octanol–water partition coefficient (Wildman–Crippen LogP) is 6.51. The van der Waals surface area contributed by atoms with Gasteiger partial charge in [0, 0.05) is 17.8 Å². The molecule has 3 aromatic rings. The third kappa shape index (κ3) is 5.21. The van der Waals surface area contributed by atoms with Crippen molar-refractivity contribution in [1.82, 2.24) is 0 Å². The molecule has 0 radical (unpaired) electrons. The summed E-state index contributed by atoms with van der Waals surface area (Å²) in [6.07, 6.45) is 3.68. The molecule has 0 saturated carbocycles. The van der Waals surface area contributed by atoms with E-state index in [0.717, 1.165) is 11.3 Å². The number of rotatable bonds is 7. The molecule has 6 heteroatoms. The first kappa shape index (κ1) is 21.9. The molecule has 0 saturated heterocycles. The second kappa shape index (κ2) is 10.3. The summed E-state index contributed by atoms with van der Waals surface area (Å²) in [5.41, 5.74) is 2.00. The Morgan fingerprint density at radius 2 is 1.80 bits per heavy atom. The largest absolute Gasteiger partial charge is 0.496 e. The van der Waals surface area contributed by atoms with E-state index in [4.69, 9.17) is 27.9 Å². The molecule has 0 aliphatic carbocycles. The maximum absolute atomic E-state index is 13.7. The van der Waals surface area contributed by atoms with Crippen LogP contribution in [-0.4, -0.2) is 19.6 Å². The highest BCUT2D eigenvalue weighted by molar-refractivity contribution is 6.33. The molecular formula is C24H20Cl2FNO2. The Bertz CT molecular complexity index is 1040. The number of hydrogen-bond acceptors (Lipinski definition) is 2. The van der Waals surface area contributed by atoms with Crippen LogP contribution in [-0.2, 0) is 4.79 Å². The Kier molecular flexibility index (Phi) is 7.50. The fraction of sp³-hybridized carbons (Fsp3) is 0.125. The van der Waals surface area contributed by atoms with Crippen LogP contribution in [0.4, 0.5) is 10.1 Å². The number of halogens is 3. The van der Waals surface area contributed by atoms with Gasteiger partial charge in [-0.05, 0) is 29.8 Å². The topological polar surface area (TPSA) is 29.5 Å². The van der Waals surface area contributed by atoms with Crippen molar-refractivity contribution in [1.29, 1.82) is 0 Å². The fourth-order valence-electron chi connectivity index (χ4n) is 2.97. The van der Waals surface area contributed by atoms with Crippen LogP contribution in [0.3, 0.4) is 0 Å². The Balaban J connectivity index is 1.90. The molecule has 3 nitrogen and oxygen atoms in total. The zero-order chi connectivity index (χ0) is 21.5. The van der Waals surface area contributed by atoms with E-state index in [2.05, 4.69) is 0 Å². The zero-order valence-corrected chi connectivity index (χ0v) is 17.8. The number of alkyl halides is 1. The van der Waals surface area contributed by atoms with Crippen molar-refractivity contribution in [3.8, 4) is 5.75 Å². The fourth-order valence-corrected chi connectivity index (χ4v) is 3.40. The number of carbonyl (C=O) groups excluding carboxylic acids is 1. The first-order valence-corrected chi connectivity index (χ1v) is 10.1. The molecule has 1 amide bonds. The molecule has 0 bridgehead atoms. The summed E-state index contributed by atoms with van der Waals surface area (Å²) in [7, 11) is 1.60. The van der Waals surface area contributed by atoms with Crippen LogP contribution in [0.2, 0.25) is 5.02 Å². The van der Waals surface area contributed by atoms with Gasteiger partial charge < -0.3 is 9.64 Å². The summed E-state index contributed by atoms with van der Waals surface area (Å²) >= 11 is 12.4. The second-order valence-corrected chi connectivity index (χ2v) is 7.31. The summed E-state index contributed by atoms with van der Waals surface area (Å²) < 4.78 is 19.0. The standard InChI is InChI=1S/C24H20Cl2FNO2/c1-30-22-12-6-5-8-17(22)11-7-15-28(19-13-14-21(27)20(25)16-19)24(29)23(26)18-9-3-2-4-10-18/h2-14,16,23H,15H2,1H3/b11-7+. The first-order valence-electron chi connectivity index (χ1n) is 9.26. The lowest BCUT2D eigenvalue weighted by Gasteiger charge is -2.24. The second-order valence-electron chi connectivity index (χ2n) is 6.46. The minimum Gasteiger partial charge on any atom is -0.496 e. The lowest BCUT2D eigenvalue weighted by atomic mass is 10.1. The molecular weight excluding hydrogens is 424 g/mol. The Morgan fingerprint density at radius 3 is 2.50 bits per heavy atom. The number of ether oxygens (including phenoxy) is 1. The molecule has 3 aromatic carbocycles. The third-order valence-electron chi connectivity index (χ3n) is 4.51. The molecule has 0 fully saturated rings. The number of methoxy groups -OCH3 is 1. The smallest absolute Gasteiger partial charge is 0.249 e. The predicted molar refractivity (Wildman–Crippen MR) is 121 cm³/mol. The van der Waals surface area contributed by atoms with Crippen LogP contribution in [0.5, 0.6) is 5.75 Å². The highest BCUT2D eigenvalue weighted by Crippen LogP contribution is 2.29. The van der Waals surface area contributed by atoms with E-state index >= 15 is 0 Å². The van der Waals surface area contributed by atoms with Crippen molar-refractivity contribution in [3.63, 3.8) is 0 Å². The van der Waals surface area contributed by atoms with Gasteiger partial charge in [0.05, 0.1) is 12.1 Å². The molecule has 154 valence electrons. The summed E-state index contributed by atoms with van der Waals surface area (Å²) in [6, 6.07) is 20.8. The van der Waals surface area contributed by atoms with Gasteiger partial charge in [-0.1, -0.05) is 72.3 Å². The van der Waals surface area contributed by atoms with E-state index < -0.39 is 11.2 Å². The molecule has 0 spiro atoms. The number of anilines is 1. The van der Waals surface area contributed by atoms with Gasteiger partial charge in [0.2, 0.25) is 5.91 Å². The van der Waals surface area contributed by atoms with Crippen molar-refractivity contribution in [3.05, 3.63) is 101 Å². The van der Waals surface area contributed by atoms with Crippen LogP contribution < -0.4 is 9.64 Å². The first-order chi connectivity index (χ1) is 14.5. The molecule has 3 rings (SSSR count). The van der Waals surface area contributed by atoms with E-state index in [9.17, 15) is 9.18 Å². The molecule has 1 unspecified atom stereocenters. The Morgan fingerprint density at radius 1 is 1.10 bits per heavy atom. The minimum atomic E-state index is -0.894. The lowest BCUT2D eigenvalue weighted by Crippen LogP contribution is -2.33. The van der Waals surface area contributed by atoms with Gasteiger partial charge >= 0.3 is 0 Å². The molecule has 0 aromatic heterocycles. The molecule has 0 aliphatic rings. The average Bonchev–Trinajstić information content (AvgIpc) is 2.78. The lowest BCUT2D eigenvalue weighted by molar-refractivity contribution is -0.118. The molecule has 30 heavy (non-hydrogen) atoms.